The van der Waals surface area contributed by atoms with E-state index < -0.39 is 11.6 Å². The lowest BCUT2D eigenvalue weighted by Gasteiger charge is -2.12. The van der Waals surface area contributed by atoms with E-state index in [9.17, 15) is 8.78 Å². The number of thioether (sulfide) groups is 1. The van der Waals surface area contributed by atoms with Gasteiger partial charge in [-0.05, 0) is 25.1 Å². The molecule has 1 unspecified atom stereocenters. The lowest BCUT2D eigenvalue weighted by atomic mass is 10.1. The van der Waals surface area contributed by atoms with Crippen molar-refractivity contribution in [1.82, 2.24) is 10.2 Å². The van der Waals surface area contributed by atoms with E-state index in [4.69, 9.17) is 18.6 Å². The maximum atomic E-state index is 14.0. The highest BCUT2D eigenvalue weighted by molar-refractivity contribution is 7.99. The van der Waals surface area contributed by atoms with Crippen LogP contribution >= 0.6 is 11.8 Å². The van der Waals surface area contributed by atoms with Gasteiger partial charge in [-0.15, -0.1) is 10.2 Å². The zero-order valence-electron chi connectivity index (χ0n) is 15.7. The number of aromatic nitrogens is 2. The number of hydrogen-bond acceptors (Lipinski definition) is 7. The molecule has 0 aliphatic heterocycles. The Morgan fingerprint density at radius 1 is 0.964 bits per heavy atom. The predicted octanol–water partition coefficient (Wildman–Crippen LogP) is 4.89. The molecular formula is C19H18F2N2O4S. The van der Waals surface area contributed by atoms with Crippen molar-refractivity contribution in [2.45, 2.75) is 17.4 Å². The Morgan fingerprint density at radius 2 is 1.64 bits per heavy atom. The highest BCUT2D eigenvalue weighted by Crippen LogP contribution is 2.42. The maximum absolute atomic E-state index is 14.0. The summed E-state index contributed by atoms with van der Waals surface area (Å²) < 4.78 is 48.7. The topological polar surface area (TPSA) is 66.6 Å². The third-order valence-corrected chi connectivity index (χ3v) is 4.97. The summed E-state index contributed by atoms with van der Waals surface area (Å²) in [6.45, 7) is 1.77. The van der Waals surface area contributed by atoms with Crippen molar-refractivity contribution in [2.24, 2.45) is 0 Å². The largest absolute Gasteiger partial charge is 0.493 e. The smallest absolute Gasteiger partial charge is 0.277 e. The molecule has 148 valence electrons. The van der Waals surface area contributed by atoms with Crippen LogP contribution in [0.3, 0.4) is 0 Å². The summed E-state index contributed by atoms with van der Waals surface area (Å²) in [4.78, 5) is 0. The van der Waals surface area contributed by atoms with E-state index in [0.29, 0.717) is 28.4 Å². The van der Waals surface area contributed by atoms with Gasteiger partial charge in [0.25, 0.3) is 5.22 Å². The van der Waals surface area contributed by atoms with Crippen LogP contribution in [0.4, 0.5) is 8.78 Å². The molecule has 1 aromatic heterocycles. The summed E-state index contributed by atoms with van der Waals surface area (Å²) >= 11 is 1.17. The highest BCUT2D eigenvalue weighted by atomic mass is 32.2. The number of nitrogens with zero attached hydrogens (tertiary/aromatic N) is 2. The third kappa shape index (κ3) is 4.04. The second-order valence-electron chi connectivity index (χ2n) is 5.71. The average molecular weight is 408 g/mol. The molecule has 6 nitrogen and oxygen atoms in total. The van der Waals surface area contributed by atoms with Crippen molar-refractivity contribution < 1.29 is 27.4 Å². The van der Waals surface area contributed by atoms with E-state index in [1.165, 1.54) is 45.2 Å². The summed E-state index contributed by atoms with van der Waals surface area (Å²) in [5.74, 6) is 0.346. The van der Waals surface area contributed by atoms with Crippen LogP contribution in [0.1, 0.15) is 17.7 Å². The van der Waals surface area contributed by atoms with Crippen LogP contribution in [0, 0.1) is 11.6 Å². The van der Waals surface area contributed by atoms with Gasteiger partial charge in [0.2, 0.25) is 11.6 Å². The van der Waals surface area contributed by atoms with Crippen molar-refractivity contribution in [3.8, 4) is 28.7 Å². The molecule has 1 atom stereocenters. The van der Waals surface area contributed by atoms with Gasteiger partial charge in [0.15, 0.2) is 11.5 Å². The van der Waals surface area contributed by atoms with Crippen LogP contribution in [-0.4, -0.2) is 31.5 Å². The Morgan fingerprint density at radius 3 is 2.21 bits per heavy atom. The summed E-state index contributed by atoms with van der Waals surface area (Å²) in [7, 11) is 4.53. The number of ether oxygens (including phenoxy) is 3. The Hall–Kier alpha value is -2.81. The SMILES string of the molecule is COc1cc(-c2nnc(SC(C)c3ccc(F)cc3F)o2)cc(OC)c1OC. The number of rotatable bonds is 7. The molecule has 0 N–H and O–H groups in total. The van der Waals surface area contributed by atoms with E-state index in [0.717, 1.165) is 6.07 Å². The fraction of sp³-hybridized carbons (Fsp3) is 0.263. The second-order valence-corrected chi connectivity index (χ2v) is 7.01. The summed E-state index contributed by atoms with van der Waals surface area (Å²) in [6, 6.07) is 6.84. The Balaban J connectivity index is 1.86. The first kappa shape index (κ1) is 19.9. The van der Waals surface area contributed by atoms with Gasteiger partial charge >= 0.3 is 0 Å². The fourth-order valence-corrected chi connectivity index (χ4v) is 3.46. The minimum Gasteiger partial charge on any atom is -0.493 e. The number of benzene rings is 2. The zero-order chi connectivity index (χ0) is 20.3. The summed E-state index contributed by atoms with van der Waals surface area (Å²) in [6.07, 6.45) is 0. The van der Waals surface area contributed by atoms with E-state index in [1.54, 1.807) is 19.1 Å². The number of methoxy groups -OCH3 is 3. The van der Waals surface area contributed by atoms with E-state index in [1.807, 2.05) is 0 Å². The Labute approximate surface area is 164 Å². The van der Waals surface area contributed by atoms with E-state index in [2.05, 4.69) is 10.2 Å². The molecule has 0 amide bonds. The van der Waals surface area contributed by atoms with Crippen LogP contribution in [-0.2, 0) is 0 Å². The van der Waals surface area contributed by atoms with Gasteiger partial charge in [0, 0.05) is 22.4 Å². The van der Waals surface area contributed by atoms with Crippen molar-refractivity contribution in [3.05, 3.63) is 47.5 Å². The van der Waals surface area contributed by atoms with Crippen molar-refractivity contribution in [2.75, 3.05) is 21.3 Å². The van der Waals surface area contributed by atoms with Crippen LogP contribution in [0.5, 0.6) is 17.2 Å². The second kappa shape index (κ2) is 8.47. The quantitative estimate of drug-likeness (QED) is 0.516. The van der Waals surface area contributed by atoms with E-state index >= 15 is 0 Å². The molecule has 3 aromatic rings. The van der Waals surface area contributed by atoms with Gasteiger partial charge in [-0.3, -0.25) is 0 Å². The van der Waals surface area contributed by atoms with Gasteiger partial charge in [-0.2, -0.15) is 0 Å². The molecule has 0 saturated carbocycles. The third-order valence-electron chi connectivity index (χ3n) is 4.00. The molecule has 0 fully saturated rings. The van der Waals surface area contributed by atoms with Gasteiger partial charge in [0.1, 0.15) is 11.6 Å². The van der Waals surface area contributed by atoms with Crippen molar-refractivity contribution in [1.29, 1.82) is 0 Å². The Kier molecular flexibility index (Phi) is 6.03. The molecule has 0 bridgehead atoms. The van der Waals surface area contributed by atoms with Crippen molar-refractivity contribution >= 4 is 11.8 Å². The number of hydrogen-bond donors (Lipinski definition) is 0. The minimum absolute atomic E-state index is 0.244. The molecule has 1 heterocycles. The molecule has 9 heteroatoms. The molecule has 3 rings (SSSR count). The molecule has 0 saturated heterocycles. The van der Waals surface area contributed by atoms with Crippen LogP contribution in [0.2, 0.25) is 0 Å². The standard InChI is InChI=1S/C19H18F2N2O4S/c1-10(13-6-5-12(20)9-14(13)21)28-19-23-22-18(27-19)11-7-15(24-2)17(26-4)16(8-11)25-3/h5-10H,1-4H3. The van der Waals surface area contributed by atoms with Gasteiger partial charge in [-0.1, -0.05) is 17.8 Å². The first-order valence-electron chi connectivity index (χ1n) is 8.22. The lowest BCUT2D eigenvalue weighted by molar-refractivity contribution is 0.324. The molecule has 0 spiro atoms. The summed E-state index contributed by atoms with van der Waals surface area (Å²) in [5.41, 5.74) is 0.924. The maximum Gasteiger partial charge on any atom is 0.277 e. The van der Waals surface area contributed by atoms with Crippen LogP contribution in [0.25, 0.3) is 11.5 Å². The van der Waals surface area contributed by atoms with Gasteiger partial charge < -0.3 is 18.6 Å². The lowest BCUT2D eigenvalue weighted by Crippen LogP contribution is -1.95. The molecule has 0 aliphatic carbocycles. The first-order valence-corrected chi connectivity index (χ1v) is 9.10. The van der Waals surface area contributed by atoms with E-state index in [-0.39, 0.29) is 16.4 Å². The molecular weight excluding hydrogens is 390 g/mol. The fourth-order valence-electron chi connectivity index (χ4n) is 2.62. The average Bonchev–Trinajstić information content (AvgIpc) is 3.14. The normalized spacial score (nSPS) is 11.9. The summed E-state index contributed by atoms with van der Waals surface area (Å²) in [5, 5.41) is 7.93. The van der Waals surface area contributed by atoms with Crippen molar-refractivity contribution in [3.63, 3.8) is 0 Å². The predicted molar refractivity (Wildman–Crippen MR) is 100 cm³/mol. The zero-order valence-corrected chi connectivity index (χ0v) is 16.5. The molecule has 28 heavy (non-hydrogen) atoms. The van der Waals surface area contributed by atoms with Gasteiger partial charge in [0.05, 0.1) is 21.3 Å². The first-order chi connectivity index (χ1) is 13.5. The van der Waals surface area contributed by atoms with Crippen LogP contribution in [0.15, 0.2) is 40.0 Å². The number of halogens is 2. The van der Waals surface area contributed by atoms with Gasteiger partial charge in [-0.25, -0.2) is 8.78 Å². The molecule has 0 radical (unpaired) electrons. The highest BCUT2D eigenvalue weighted by Gasteiger charge is 2.20. The Bertz CT molecular complexity index is 955. The molecule has 2 aromatic carbocycles. The minimum atomic E-state index is -0.624. The molecule has 0 aliphatic rings. The monoisotopic (exact) mass is 408 g/mol. The van der Waals surface area contributed by atoms with Crippen LogP contribution < -0.4 is 14.2 Å².